The summed E-state index contributed by atoms with van der Waals surface area (Å²) >= 11 is 0. The lowest BCUT2D eigenvalue weighted by molar-refractivity contribution is -0.161. The van der Waals surface area contributed by atoms with Crippen molar-refractivity contribution in [2.45, 2.75) is 407 Å². The minimum Gasteiger partial charge on any atom is -0.462 e. The maximum absolute atomic E-state index is 13.1. The van der Waals surface area contributed by atoms with Crippen LogP contribution in [-0.2, 0) is 65.4 Å². The molecule has 2 unspecified atom stereocenters. The van der Waals surface area contributed by atoms with Crippen molar-refractivity contribution in [3.63, 3.8) is 0 Å². The van der Waals surface area contributed by atoms with Gasteiger partial charge >= 0.3 is 39.5 Å². The van der Waals surface area contributed by atoms with E-state index in [1.54, 1.807) is 0 Å². The highest BCUT2D eigenvalue weighted by Gasteiger charge is 2.30. The molecule has 19 heteroatoms. The monoisotopic (exact) mass is 1380 g/mol. The average molecular weight is 1380 g/mol. The van der Waals surface area contributed by atoms with E-state index in [-0.39, 0.29) is 25.7 Å². The van der Waals surface area contributed by atoms with Gasteiger partial charge in [0.15, 0.2) is 12.2 Å². The fourth-order valence-electron chi connectivity index (χ4n) is 11.5. The fraction of sp³-hybridized carbons (Fsp3) is 0.947. The van der Waals surface area contributed by atoms with Crippen LogP contribution < -0.4 is 0 Å². The Hall–Kier alpha value is -1.94. The highest BCUT2D eigenvalue weighted by atomic mass is 31.2. The van der Waals surface area contributed by atoms with Crippen molar-refractivity contribution in [1.82, 2.24) is 0 Å². The lowest BCUT2D eigenvalue weighted by atomic mass is 10.0. The van der Waals surface area contributed by atoms with E-state index in [0.29, 0.717) is 31.6 Å². The zero-order valence-electron chi connectivity index (χ0n) is 61.3. The van der Waals surface area contributed by atoms with Gasteiger partial charge in [0.2, 0.25) is 0 Å². The summed E-state index contributed by atoms with van der Waals surface area (Å²) in [6, 6.07) is 0. The van der Waals surface area contributed by atoms with Gasteiger partial charge in [-0.25, -0.2) is 9.13 Å². The molecule has 0 spiro atoms. The van der Waals surface area contributed by atoms with Crippen LogP contribution in [0, 0.1) is 11.8 Å². The summed E-state index contributed by atoms with van der Waals surface area (Å²) in [5.41, 5.74) is 0. The second-order valence-electron chi connectivity index (χ2n) is 28.0. The summed E-state index contributed by atoms with van der Waals surface area (Å²) < 4.78 is 68.4. The maximum atomic E-state index is 13.1. The van der Waals surface area contributed by atoms with Crippen molar-refractivity contribution in [3.05, 3.63) is 0 Å². The molecule has 0 heterocycles. The molecule has 0 aliphatic rings. The van der Waals surface area contributed by atoms with Gasteiger partial charge < -0.3 is 33.8 Å². The van der Waals surface area contributed by atoms with Gasteiger partial charge in [-0.05, 0) is 37.5 Å². The summed E-state index contributed by atoms with van der Waals surface area (Å²) in [5.74, 6) is -0.704. The third kappa shape index (κ3) is 68.6. The van der Waals surface area contributed by atoms with Crippen molar-refractivity contribution in [2.75, 3.05) is 39.6 Å². The molecule has 558 valence electrons. The number of carbonyl (C=O) groups excluding carboxylic acids is 4. The highest BCUT2D eigenvalue weighted by molar-refractivity contribution is 7.47. The number of hydrogen-bond donors (Lipinski definition) is 3. The molecule has 0 amide bonds. The molecule has 0 saturated heterocycles. The number of rotatable bonds is 74. The summed E-state index contributed by atoms with van der Waals surface area (Å²) in [6.07, 6.45) is 54.4. The molecule has 5 atom stereocenters. The smallest absolute Gasteiger partial charge is 0.462 e. The van der Waals surface area contributed by atoms with Gasteiger partial charge in [-0.15, -0.1) is 0 Å². The predicted octanol–water partition coefficient (Wildman–Crippen LogP) is 21.9. The topological polar surface area (TPSA) is 237 Å². The Morgan fingerprint density at radius 2 is 0.489 bits per heavy atom. The Bertz CT molecular complexity index is 1820. The van der Waals surface area contributed by atoms with E-state index < -0.39 is 97.5 Å². The van der Waals surface area contributed by atoms with Crippen LogP contribution in [0.3, 0.4) is 0 Å². The normalized spacial score (nSPS) is 14.0. The van der Waals surface area contributed by atoms with E-state index in [0.717, 1.165) is 102 Å². The first-order chi connectivity index (χ1) is 45.4. The first kappa shape index (κ1) is 92.1. The Morgan fingerprint density at radius 3 is 0.723 bits per heavy atom. The quantitative estimate of drug-likeness (QED) is 0.0222. The van der Waals surface area contributed by atoms with E-state index >= 15 is 0 Å². The summed E-state index contributed by atoms with van der Waals surface area (Å²) in [7, 11) is -9.91. The van der Waals surface area contributed by atoms with E-state index in [1.165, 1.54) is 199 Å². The van der Waals surface area contributed by atoms with Gasteiger partial charge in [0.25, 0.3) is 0 Å². The third-order valence-corrected chi connectivity index (χ3v) is 19.4. The van der Waals surface area contributed by atoms with Crippen LogP contribution in [0.25, 0.3) is 0 Å². The van der Waals surface area contributed by atoms with Gasteiger partial charge in [0.1, 0.15) is 19.3 Å². The molecule has 0 aromatic heterocycles. The lowest BCUT2D eigenvalue weighted by Gasteiger charge is -2.21. The van der Waals surface area contributed by atoms with Crippen LogP contribution in [0.1, 0.15) is 388 Å². The highest BCUT2D eigenvalue weighted by Crippen LogP contribution is 2.45. The van der Waals surface area contributed by atoms with Crippen LogP contribution in [0.2, 0.25) is 0 Å². The molecule has 0 fully saturated rings. The molecule has 0 rings (SSSR count). The average Bonchev–Trinajstić information content (AvgIpc) is 1.32. The number of aliphatic hydroxyl groups is 1. The molecule has 3 N–H and O–H groups in total. The standard InChI is InChI=1S/C75H146O17P2/c1-7-9-11-13-15-17-19-21-22-23-24-25-26-27-29-31-35-39-47-53-59-74(79)91-70(63-85-72(77)57-51-45-38-34-30-28-20-18-16-14-12-10-8-2)65-89-93(81,82)87-61-69(76)62-88-94(83,84)90-66-71(64-86-73(78)58-52-46-42-41-44-50-56-68(5)6)92-75(80)60-54-48-40-36-32-33-37-43-49-55-67(3)4/h67-71,76H,7-66H2,1-6H3,(H,81,82)(H,83,84)/t69-,70-,71-/m1/s1. The second-order valence-corrected chi connectivity index (χ2v) is 30.9. The van der Waals surface area contributed by atoms with Crippen molar-refractivity contribution < 1.29 is 80.2 Å². The number of carbonyl (C=O) groups is 4. The van der Waals surface area contributed by atoms with Gasteiger partial charge in [0, 0.05) is 25.7 Å². The SMILES string of the molecule is CCCCCCCCCCCCCCCCCCCCCCC(=O)O[C@H](COC(=O)CCCCCCCCCCCCCCC)COP(=O)(O)OC[C@@H](O)COP(=O)(O)OC[C@@H](COC(=O)CCCCCCCCC(C)C)OC(=O)CCCCCCCCCCCC(C)C. The zero-order valence-corrected chi connectivity index (χ0v) is 63.1. The van der Waals surface area contributed by atoms with Crippen molar-refractivity contribution in [2.24, 2.45) is 11.8 Å². The minimum atomic E-state index is -4.96. The summed E-state index contributed by atoms with van der Waals surface area (Å²) in [4.78, 5) is 72.7. The molecule has 0 aromatic carbocycles. The first-order valence-corrected chi connectivity index (χ1v) is 42.0. The Kier molecular flexibility index (Phi) is 65.5. The van der Waals surface area contributed by atoms with Gasteiger partial charge in [-0.2, -0.15) is 0 Å². The van der Waals surface area contributed by atoms with Crippen LogP contribution in [0.5, 0.6) is 0 Å². The number of esters is 4. The fourth-order valence-corrected chi connectivity index (χ4v) is 13.1. The van der Waals surface area contributed by atoms with E-state index in [4.69, 9.17) is 37.0 Å². The van der Waals surface area contributed by atoms with Gasteiger partial charge in [-0.1, -0.05) is 337 Å². The molecule has 0 bridgehead atoms. The molecule has 0 saturated carbocycles. The maximum Gasteiger partial charge on any atom is 0.472 e. The van der Waals surface area contributed by atoms with Crippen LogP contribution in [0.15, 0.2) is 0 Å². The number of unbranched alkanes of at least 4 members (excludes halogenated alkanes) is 44. The molecule has 17 nitrogen and oxygen atoms in total. The number of phosphoric acid groups is 2. The van der Waals surface area contributed by atoms with Crippen molar-refractivity contribution in [1.29, 1.82) is 0 Å². The lowest BCUT2D eigenvalue weighted by Crippen LogP contribution is -2.30. The van der Waals surface area contributed by atoms with E-state index in [2.05, 4.69) is 41.5 Å². The van der Waals surface area contributed by atoms with Crippen molar-refractivity contribution in [3.8, 4) is 0 Å². The van der Waals surface area contributed by atoms with Gasteiger partial charge in [-0.3, -0.25) is 37.3 Å². The summed E-state index contributed by atoms with van der Waals surface area (Å²) in [5, 5.41) is 10.6. The van der Waals surface area contributed by atoms with E-state index in [1.807, 2.05) is 0 Å². The Labute approximate surface area is 575 Å². The largest absolute Gasteiger partial charge is 0.472 e. The number of aliphatic hydroxyl groups excluding tert-OH is 1. The first-order valence-electron chi connectivity index (χ1n) is 39.0. The Balaban J connectivity index is 5.20. The Morgan fingerprint density at radius 1 is 0.287 bits per heavy atom. The van der Waals surface area contributed by atoms with Gasteiger partial charge in [0.05, 0.1) is 26.4 Å². The van der Waals surface area contributed by atoms with Crippen LogP contribution in [-0.4, -0.2) is 96.7 Å². The van der Waals surface area contributed by atoms with Crippen molar-refractivity contribution >= 4 is 39.5 Å². The van der Waals surface area contributed by atoms with Crippen LogP contribution >= 0.6 is 15.6 Å². The molecule has 0 aliphatic heterocycles. The predicted molar refractivity (Wildman–Crippen MR) is 381 cm³/mol. The van der Waals surface area contributed by atoms with E-state index in [9.17, 15) is 43.2 Å². The third-order valence-electron chi connectivity index (χ3n) is 17.5. The zero-order chi connectivity index (χ0) is 69.3. The number of ether oxygens (including phenoxy) is 4. The van der Waals surface area contributed by atoms with Crippen LogP contribution in [0.4, 0.5) is 0 Å². The number of phosphoric ester groups is 2. The number of hydrogen-bond acceptors (Lipinski definition) is 15. The molecule has 0 aromatic rings. The molecule has 94 heavy (non-hydrogen) atoms. The minimum absolute atomic E-state index is 0.104. The molecule has 0 radical (unpaired) electrons. The second kappa shape index (κ2) is 66.9. The molecular weight excluding hydrogens is 1230 g/mol. The molecule has 0 aliphatic carbocycles. The molecular formula is C75H146O17P2. The summed E-state index contributed by atoms with van der Waals surface area (Å²) in [6.45, 7) is 9.48.